The molecule has 0 radical (unpaired) electrons. The van der Waals surface area contributed by atoms with Gasteiger partial charge in [-0.15, -0.1) is 0 Å². The number of anilines is 2. The minimum Gasteiger partial charge on any atom is -0.379 e. The number of nitrogens with one attached hydrogen (secondary N) is 2. The van der Waals surface area contributed by atoms with E-state index in [-0.39, 0.29) is 17.9 Å². The Kier molecular flexibility index (Phi) is 5.38. The molecule has 5 heteroatoms. The van der Waals surface area contributed by atoms with Crippen molar-refractivity contribution in [1.82, 2.24) is 0 Å². The molecular weight excluding hydrogens is 322 g/mol. The molecule has 0 spiro atoms. The largest absolute Gasteiger partial charge is 0.379 e. The van der Waals surface area contributed by atoms with Crippen molar-refractivity contribution in [2.75, 3.05) is 10.6 Å². The zero-order chi connectivity index (χ0) is 16.9. The van der Waals surface area contributed by atoms with Crippen LogP contribution in [0.1, 0.15) is 24.8 Å². The van der Waals surface area contributed by atoms with Gasteiger partial charge in [-0.2, -0.15) is 0 Å². The average Bonchev–Trinajstić information content (AvgIpc) is 3.02. The normalized spacial score (nSPS) is 19.9. The quantitative estimate of drug-likeness (QED) is 0.768. The first-order valence-corrected chi connectivity index (χ1v) is 8.63. The second-order valence-corrected chi connectivity index (χ2v) is 6.72. The molecule has 24 heavy (non-hydrogen) atoms. The van der Waals surface area contributed by atoms with Gasteiger partial charge in [-0.25, -0.2) is 0 Å². The summed E-state index contributed by atoms with van der Waals surface area (Å²) in [5.41, 5.74) is 8.65. The fraction of sp³-hybridized carbons (Fsp3) is 0.316. The summed E-state index contributed by atoms with van der Waals surface area (Å²) in [5, 5.41) is 6.97. The number of rotatable bonds is 5. The third-order valence-electron chi connectivity index (χ3n) is 4.41. The monoisotopic (exact) mass is 343 g/mol. The first-order valence-electron chi connectivity index (χ1n) is 8.25. The fourth-order valence-electron chi connectivity index (χ4n) is 3.06. The van der Waals surface area contributed by atoms with Gasteiger partial charge in [-0.3, -0.25) is 4.79 Å². The van der Waals surface area contributed by atoms with Gasteiger partial charge in [0.25, 0.3) is 0 Å². The highest BCUT2D eigenvalue weighted by Crippen LogP contribution is 2.30. The lowest BCUT2D eigenvalue weighted by atomic mass is 10.1. The molecule has 0 aliphatic heterocycles. The predicted molar refractivity (Wildman–Crippen MR) is 99.2 cm³/mol. The van der Waals surface area contributed by atoms with Gasteiger partial charge >= 0.3 is 0 Å². The third kappa shape index (κ3) is 4.28. The van der Waals surface area contributed by atoms with E-state index in [1.54, 1.807) is 6.07 Å². The van der Waals surface area contributed by atoms with Crippen LogP contribution >= 0.6 is 11.6 Å². The van der Waals surface area contributed by atoms with E-state index in [0.29, 0.717) is 17.3 Å². The lowest BCUT2D eigenvalue weighted by Gasteiger charge is -2.16. The Morgan fingerprint density at radius 3 is 2.62 bits per heavy atom. The minimum atomic E-state index is -0.0130. The Morgan fingerprint density at radius 2 is 1.92 bits per heavy atom. The lowest BCUT2D eigenvalue weighted by Crippen LogP contribution is -2.23. The van der Waals surface area contributed by atoms with Gasteiger partial charge in [-0.05, 0) is 43.0 Å². The minimum absolute atomic E-state index is 0.0130. The molecule has 0 saturated heterocycles. The Hall–Kier alpha value is -2.04. The smallest absolute Gasteiger partial charge is 0.227 e. The van der Waals surface area contributed by atoms with Crippen LogP contribution in [0.15, 0.2) is 48.5 Å². The average molecular weight is 344 g/mol. The van der Waals surface area contributed by atoms with Crippen LogP contribution in [-0.2, 0) is 11.3 Å². The summed E-state index contributed by atoms with van der Waals surface area (Å²) in [6.45, 7) is 0.680. The SMILES string of the molecule is NC1CCC(C(=O)Nc2cc(Cl)ccc2NCc2ccccc2)C1. The first-order chi connectivity index (χ1) is 11.6. The highest BCUT2D eigenvalue weighted by atomic mass is 35.5. The van der Waals surface area contributed by atoms with Crippen LogP contribution in [0, 0.1) is 5.92 Å². The Labute approximate surface area is 147 Å². The van der Waals surface area contributed by atoms with Crippen molar-refractivity contribution in [2.45, 2.75) is 31.8 Å². The Balaban J connectivity index is 1.69. The van der Waals surface area contributed by atoms with E-state index in [0.717, 1.165) is 24.9 Å². The number of amides is 1. The summed E-state index contributed by atoms with van der Waals surface area (Å²) in [5.74, 6) is 0.00827. The molecule has 2 atom stereocenters. The fourth-order valence-corrected chi connectivity index (χ4v) is 3.23. The van der Waals surface area contributed by atoms with Crippen molar-refractivity contribution in [1.29, 1.82) is 0 Å². The van der Waals surface area contributed by atoms with Crippen molar-refractivity contribution < 1.29 is 4.79 Å². The molecule has 0 bridgehead atoms. The molecule has 126 valence electrons. The van der Waals surface area contributed by atoms with Gasteiger partial charge < -0.3 is 16.4 Å². The van der Waals surface area contributed by atoms with Gasteiger partial charge in [0, 0.05) is 23.5 Å². The molecule has 1 aliphatic rings. The summed E-state index contributed by atoms with van der Waals surface area (Å²) in [7, 11) is 0. The maximum absolute atomic E-state index is 12.5. The highest BCUT2D eigenvalue weighted by molar-refractivity contribution is 6.31. The maximum atomic E-state index is 12.5. The number of nitrogens with two attached hydrogens (primary N) is 1. The summed E-state index contributed by atoms with van der Waals surface area (Å²) < 4.78 is 0. The number of carbonyl (C=O) groups excluding carboxylic acids is 1. The molecule has 0 heterocycles. The Bertz CT molecular complexity index is 705. The highest BCUT2D eigenvalue weighted by Gasteiger charge is 2.28. The topological polar surface area (TPSA) is 67.2 Å². The molecule has 2 aromatic rings. The summed E-state index contributed by atoms with van der Waals surface area (Å²) >= 11 is 6.10. The second kappa shape index (κ2) is 7.69. The van der Waals surface area contributed by atoms with E-state index >= 15 is 0 Å². The third-order valence-corrected chi connectivity index (χ3v) is 4.64. The van der Waals surface area contributed by atoms with E-state index in [1.165, 1.54) is 5.56 Å². The molecule has 1 saturated carbocycles. The second-order valence-electron chi connectivity index (χ2n) is 6.29. The van der Waals surface area contributed by atoms with Crippen LogP contribution < -0.4 is 16.4 Å². The molecule has 1 fully saturated rings. The van der Waals surface area contributed by atoms with Crippen molar-refractivity contribution in [3.05, 3.63) is 59.1 Å². The van der Waals surface area contributed by atoms with E-state index in [2.05, 4.69) is 22.8 Å². The van der Waals surface area contributed by atoms with Crippen LogP contribution in [0.5, 0.6) is 0 Å². The molecule has 2 unspecified atom stereocenters. The van der Waals surface area contributed by atoms with E-state index in [4.69, 9.17) is 17.3 Å². The van der Waals surface area contributed by atoms with E-state index in [1.807, 2.05) is 30.3 Å². The van der Waals surface area contributed by atoms with Crippen LogP contribution in [0.2, 0.25) is 5.02 Å². The van der Waals surface area contributed by atoms with Gasteiger partial charge in [-0.1, -0.05) is 41.9 Å². The number of hydrogen-bond donors (Lipinski definition) is 3. The molecule has 4 nitrogen and oxygen atoms in total. The molecular formula is C19H22ClN3O. The molecule has 1 amide bonds. The van der Waals surface area contributed by atoms with E-state index < -0.39 is 0 Å². The standard InChI is InChI=1S/C19H22ClN3O/c20-15-7-9-17(22-12-13-4-2-1-3-5-13)18(11-15)23-19(24)14-6-8-16(21)10-14/h1-5,7,9,11,14,16,22H,6,8,10,12,21H2,(H,23,24). The Morgan fingerprint density at radius 1 is 1.12 bits per heavy atom. The number of hydrogen-bond acceptors (Lipinski definition) is 3. The van der Waals surface area contributed by atoms with Crippen LogP contribution in [0.4, 0.5) is 11.4 Å². The van der Waals surface area contributed by atoms with Crippen LogP contribution in [0.3, 0.4) is 0 Å². The van der Waals surface area contributed by atoms with Crippen molar-refractivity contribution in [3.63, 3.8) is 0 Å². The summed E-state index contributed by atoms with van der Waals surface area (Å²) in [6.07, 6.45) is 2.51. The number of halogens is 1. The van der Waals surface area contributed by atoms with Gasteiger partial charge in [0.1, 0.15) is 0 Å². The zero-order valence-electron chi connectivity index (χ0n) is 13.5. The van der Waals surface area contributed by atoms with Crippen molar-refractivity contribution in [2.24, 2.45) is 11.7 Å². The summed E-state index contributed by atoms with van der Waals surface area (Å²) in [6, 6.07) is 15.7. The maximum Gasteiger partial charge on any atom is 0.227 e. The van der Waals surface area contributed by atoms with Crippen LogP contribution in [0.25, 0.3) is 0 Å². The van der Waals surface area contributed by atoms with Gasteiger partial charge in [0.15, 0.2) is 0 Å². The van der Waals surface area contributed by atoms with Crippen LogP contribution in [-0.4, -0.2) is 11.9 Å². The zero-order valence-corrected chi connectivity index (χ0v) is 14.2. The molecule has 1 aliphatic carbocycles. The van der Waals surface area contributed by atoms with Crippen molar-refractivity contribution in [3.8, 4) is 0 Å². The molecule has 2 aromatic carbocycles. The molecule has 4 N–H and O–H groups in total. The van der Waals surface area contributed by atoms with Gasteiger partial charge in [0.2, 0.25) is 5.91 Å². The number of carbonyl (C=O) groups is 1. The summed E-state index contributed by atoms with van der Waals surface area (Å²) in [4.78, 5) is 12.5. The molecule has 0 aromatic heterocycles. The lowest BCUT2D eigenvalue weighted by molar-refractivity contribution is -0.119. The van der Waals surface area contributed by atoms with E-state index in [9.17, 15) is 4.79 Å². The van der Waals surface area contributed by atoms with Gasteiger partial charge in [0.05, 0.1) is 11.4 Å². The first kappa shape index (κ1) is 16.8. The molecule has 3 rings (SSSR count). The van der Waals surface area contributed by atoms with Crippen molar-refractivity contribution >= 4 is 28.9 Å². The number of benzene rings is 2. The predicted octanol–water partition coefficient (Wildman–Crippen LogP) is 4.02.